The molecule has 1 atom stereocenters. The lowest BCUT2D eigenvalue weighted by atomic mass is 10.1. The zero-order chi connectivity index (χ0) is 13.5. The van der Waals surface area contributed by atoms with E-state index in [9.17, 15) is 4.79 Å². The minimum Gasteiger partial charge on any atom is -0.348 e. The van der Waals surface area contributed by atoms with Crippen molar-refractivity contribution in [2.45, 2.75) is 19.4 Å². The van der Waals surface area contributed by atoms with Crippen LogP contribution in [0, 0.1) is 0 Å². The van der Waals surface area contributed by atoms with Crippen LogP contribution < -0.4 is 10.6 Å². The minimum atomic E-state index is 0.0283. The summed E-state index contributed by atoms with van der Waals surface area (Å²) in [5.41, 5.74) is 1.08. The van der Waals surface area contributed by atoms with Crippen LogP contribution >= 0.6 is 0 Å². The number of carbonyl (C=O) groups is 1. The number of nitrogens with one attached hydrogen (secondary N) is 2. The Bertz CT molecular complexity index is 388. The Hall–Kier alpha value is -1.46. The summed E-state index contributed by atoms with van der Waals surface area (Å²) in [7, 11) is 0. The van der Waals surface area contributed by atoms with Crippen LogP contribution in [0.5, 0.6) is 0 Å². The lowest BCUT2D eigenvalue weighted by Crippen LogP contribution is -2.39. The van der Waals surface area contributed by atoms with E-state index in [2.05, 4.69) is 20.5 Å². The maximum Gasteiger partial charge on any atom is 0.234 e. The van der Waals surface area contributed by atoms with Crippen LogP contribution in [0.3, 0.4) is 0 Å². The first-order valence-electron chi connectivity index (χ1n) is 6.88. The summed E-state index contributed by atoms with van der Waals surface area (Å²) < 4.78 is 0. The van der Waals surface area contributed by atoms with Gasteiger partial charge in [0.15, 0.2) is 0 Å². The van der Waals surface area contributed by atoms with Gasteiger partial charge in [0.05, 0.1) is 12.6 Å². The van der Waals surface area contributed by atoms with E-state index in [0.29, 0.717) is 6.54 Å². The van der Waals surface area contributed by atoms with E-state index in [0.717, 1.165) is 38.2 Å². The molecule has 5 nitrogen and oxygen atoms in total. The molecule has 0 aromatic carbocycles. The first kappa shape index (κ1) is 14.0. The Morgan fingerprint density at radius 1 is 1.42 bits per heavy atom. The number of carbonyl (C=O) groups excluding carboxylic acids is 1. The molecule has 0 bridgehead atoms. The van der Waals surface area contributed by atoms with Crippen molar-refractivity contribution >= 4 is 5.91 Å². The summed E-state index contributed by atoms with van der Waals surface area (Å²) in [5.74, 6) is 0.0891. The molecule has 5 heteroatoms. The molecule has 1 saturated heterocycles. The van der Waals surface area contributed by atoms with Gasteiger partial charge < -0.3 is 10.6 Å². The topological polar surface area (TPSA) is 57.3 Å². The molecule has 1 fully saturated rings. The summed E-state index contributed by atoms with van der Waals surface area (Å²) in [6, 6.07) is 3.89. The van der Waals surface area contributed by atoms with E-state index in [4.69, 9.17) is 0 Å². The third-order valence-corrected chi connectivity index (χ3v) is 3.38. The van der Waals surface area contributed by atoms with Crippen LogP contribution in [0.2, 0.25) is 0 Å². The Morgan fingerprint density at radius 2 is 2.21 bits per heavy atom. The van der Waals surface area contributed by atoms with Gasteiger partial charge in [0.1, 0.15) is 0 Å². The molecule has 1 aromatic rings. The fourth-order valence-corrected chi connectivity index (χ4v) is 2.29. The molecule has 0 saturated carbocycles. The van der Waals surface area contributed by atoms with Crippen molar-refractivity contribution in [1.82, 2.24) is 20.5 Å². The van der Waals surface area contributed by atoms with Crippen molar-refractivity contribution in [3.05, 3.63) is 30.1 Å². The molecule has 0 radical (unpaired) electrons. The van der Waals surface area contributed by atoms with E-state index in [1.807, 2.05) is 19.1 Å². The summed E-state index contributed by atoms with van der Waals surface area (Å²) in [6.07, 6.45) is 4.60. The molecular weight excluding hydrogens is 240 g/mol. The average molecular weight is 262 g/mol. The standard InChI is InChI=1S/C14H22N4O/c1-12(13-3-6-16-7-4-13)17-14(19)11-18-9-2-5-15-8-10-18/h3-4,6-7,12,15H,2,5,8-11H2,1H3,(H,17,19)/t12-/m0/s1. The Kier molecular flexibility index (Phi) is 5.30. The van der Waals surface area contributed by atoms with Crippen molar-refractivity contribution in [2.24, 2.45) is 0 Å². The normalized spacial score (nSPS) is 18.6. The molecule has 0 spiro atoms. The van der Waals surface area contributed by atoms with Crippen molar-refractivity contribution in [2.75, 3.05) is 32.7 Å². The molecule has 2 heterocycles. The highest BCUT2D eigenvalue weighted by Crippen LogP contribution is 2.09. The molecular formula is C14H22N4O. The van der Waals surface area contributed by atoms with Crippen LogP contribution in [0.15, 0.2) is 24.5 Å². The zero-order valence-electron chi connectivity index (χ0n) is 11.4. The van der Waals surface area contributed by atoms with Gasteiger partial charge in [0.2, 0.25) is 5.91 Å². The Labute approximate surface area is 114 Å². The molecule has 19 heavy (non-hydrogen) atoms. The third-order valence-electron chi connectivity index (χ3n) is 3.38. The highest BCUT2D eigenvalue weighted by molar-refractivity contribution is 5.78. The molecule has 0 aliphatic carbocycles. The van der Waals surface area contributed by atoms with E-state index < -0.39 is 0 Å². The SMILES string of the molecule is C[C@H](NC(=O)CN1CCCNCC1)c1ccncc1. The van der Waals surface area contributed by atoms with Gasteiger partial charge in [-0.05, 0) is 44.1 Å². The first-order chi connectivity index (χ1) is 9.25. The van der Waals surface area contributed by atoms with Gasteiger partial charge in [0.25, 0.3) is 0 Å². The smallest absolute Gasteiger partial charge is 0.234 e. The Morgan fingerprint density at radius 3 is 3.00 bits per heavy atom. The number of hydrogen-bond donors (Lipinski definition) is 2. The quantitative estimate of drug-likeness (QED) is 0.832. The van der Waals surface area contributed by atoms with Crippen LogP contribution in [0.25, 0.3) is 0 Å². The van der Waals surface area contributed by atoms with Gasteiger partial charge in [-0.15, -0.1) is 0 Å². The predicted molar refractivity (Wildman–Crippen MR) is 74.7 cm³/mol. The third kappa shape index (κ3) is 4.61. The van der Waals surface area contributed by atoms with Crippen LogP contribution in [-0.4, -0.2) is 48.5 Å². The summed E-state index contributed by atoms with van der Waals surface area (Å²) in [5, 5.41) is 6.37. The molecule has 1 amide bonds. The zero-order valence-corrected chi connectivity index (χ0v) is 11.4. The fraction of sp³-hybridized carbons (Fsp3) is 0.571. The lowest BCUT2D eigenvalue weighted by molar-refractivity contribution is -0.122. The molecule has 0 unspecified atom stereocenters. The molecule has 2 N–H and O–H groups in total. The van der Waals surface area contributed by atoms with E-state index >= 15 is 0 Å². The van der Waals surface area contributed by atoms with E-state index in [1.54, 1.807) is 12.4 Å². The highest BCUT2D eigenvalue weighted by Gasteiger charge is 2.14. The fourth-order valence-electron chi connectivity index (χ4n) is 2.29. The van der Waals surface area contributed by atoms with Gasteiger partial charge in [-0.25, -0.2) is 0 Å². The minimum absolute atomic E-state index is 0.0283. The number of amides is 1. The van der Waals surface area contributed by atoms with Gasteiger partial charge >= 0.3 is 0 Å². The molecule has 1 aliphatic rings. The molecule has 104 valence electrons. The maximum absolute atomic E-state index is 12.0. The van der Waals surface area contributed by atoms with Crippen LogP contribution in [-0.2, 0) is 4.79 Å². The first-order valence-corrected chi connectivity index (χ1v) is 6.88. The predicted octanol–water partition coefficient (Wildman–Crippen LogP) is 0.554. The summed E-state index contributed by atoms with van der Waals surface area (Å²) in [6.45, 7) is 6.42. The maximum atomic E-state index is 12.0. The average Bonchev–Trinajstić information content (AvgIpc) is 2.68. The number of aromatic nitrogens is 1. The monoisotopic (exact) mass is 262 g/mol. The number of hydrogen-bond acceptors (Lipinski definition) is 4. The van der Waals surface area contributed by atoms with Gasteiger partial charge in [0, 0.05) is 25.5 Å². The van der Waals surface area contributed by atoms with Gasteiger partial charge in [-0.3, -0.25) is 14.7 Å². The van der Waals surface area contributed by atoms with E-state index in [1.165, 1.54) is 0 Å². The number of pyridine rings is 1. The molecule has 2 rings (SSSR count). The van der Waals surface area contributed by atoms with Crippen molar-refractivity contribution in [1.29, 1.82) is 0 Å². The summed E-state index contributed by atoms with van der Waals surface area (Å²) >= 11 is 0. The molecule has 1 aromatic heterocycles. The van der Waals surface area contributed by atoms with Crippen molar-refractivity contribution < 1.29 is 4.79 Å². The lowest BCUT2D eigenvalue weighted by Gasteiger charge is -2.21. The van der Waals surface area contributed by atoms with Crippen LogP contribution in [0.1, 0.15) is 24.9 Å². The Balaban J connectivity index is 1.80. The van der Waals surface area contributed by atoms with E-state index in [-0.39, 0.29) is 11.9 Å². The van der Waals surface area contributed by atoms with Gasteiger partial charge in [-0.1, -0.05) is 0 Å². The second kappa shape index (κ2) is 7.21. The highest BCUT2D eigenvalue weighted by atomic mass is 16.2. The summed E-state index contributed by atoms with van der Waals surface area (Å²) in [4.78, 5) is 18.2. The van der Waals surface area contributed by atoms with Crippen molar-refractivity contribution in [3.8, 4) is 0 Å². The number of nitrogens with zero attached hydrogens (tertiary/aromatic N) is 2. The van der Waals surface area contributed by atoms with Gasteiger partial charge in [-0.2, -0.15) is 0 Å². The largest absolute Gasteiger partial charge is 0.348 e. The molecule has 1 aliphatic heterocycles. The second-order valence-corrected chi connectivity index (χ2v) is 4.95. The second-order valence-electron chi connectivity index (χ2n) is 4.95. The van der Waals surface area contributed by atoms with Crippen molar-refractivity contribution in [3.63, 3.8) is 0 Å². The number of rotatable bonds is 4. The van der Waals surface area contributed by atoms with Crippen LogP contribution in [0.4, 0.5) is 0 Å².